The predicted octanol–water partition coefficient (Wildman–Crippen LogP) is 1.24. The van der Waals surface area contributed by atoms with E-state index in [-0.39, 0.29) is 18.6 Å². The van der Waals surface area contributed by atoms with Crippen LogP contribution in [0.1, 0.15) is 41.5 Å². The maximum atomic E-state index is 12.2. The highest BCUT2D eigenvalue weighted by molar-refractivity contribution is 5.99. The Morgan fingerprint density at radius 3 is 2.95 bits per heavy atom. The number of aliphatic hydroxyl groups is 1. The Hall–Kier alpha value is -1.95. The third-order valence-corrected chi connectivity index (χ3v) is 3.20. The van der Waals surface area contributed by atoms with Gasteiger partial charge >= 0.3 is 0 Å². The van der Waals surface area contributed by atoms with Crippen LogP contribution in [0.3, 0.4) is 0 Å². The number of aromatic nitrogens is 3. The minimum Gasteiger partial charge on any atom is -0.396 e. The van der Waals surface area contributed by atoms with Gasteiger partial charge in [0, 0.05) is 24.0 Å². The third-order valence-electron chi connectivity index (χ3n) is 3.20. The summed E-state index contributed by atoms with van der Waals surface area (Å²) < 4.78 is 1.67. The van der Waals surface area contributed by atoms with Crippen molar-refractivity contribution < 1.29 is 9.90 Å². The first-order valence-corrected chi connectivity index (χ1v) is 6.76. The minimum atomic E-state index is -0.178. The van der Waals surface area contributed by atoms with Crippen molar-refractivity contribution in [1.29, 1.82) is 0 Å². The fourth-order valence-corrected chi connectivity index (χ4v) is 2.20. The molecule has 0 fully saturated rings. The summed E-state index contributed by atoms with van der Waals surface area (Å²) in [5.74, 6) is -0.178. The molecule has 0 aliphatic rings. The van der Waals surface area contributed by atoms with E-state index in [9.17, 15) is 4.79 Å². The van der Waals surface area contributed by atoms with E-state index in [1.807, 2.05) is 26.8 Å². The first kappa shape index (κ1) is 14.5. The highest BCUT2D eigenvalue weighted by atomic mass is 16.3. The van der Waals surface area contributed by atoms with Crippen LogP contribution in [-0.4, -0.2) is 38.3 Å². The largest absolute Gasteiger partial charge is 0.396 e. The quantitative estimate of drug-likeness (QED) is 0.861. The Morgan fingerprint density at radius 2 is 2.25 bits per heavy atom. The summed E-state index contributed by atoms with van der Waals surface area (Å²) in [7, 11) is 0. The van der Waals surface area contributed by atoms with Crippen molar-refractivity contribution in [3.63, 3.8) is 0 Å². The van der Waals surface area contributed by atoms with Gasteiger partial charge in [-0.25, -0.2) is 9.50 Å². The van der Waals surface area contributed by atoms with Crippen molar-refractivity contribution in [2.45, 2.75) is 39.7 Å². The monoisotopic (exact) mass is 276 g/mol. The van der Waals surface area contributed by atoms with E-state index in [0.717, 1.165) is 17.8 Å². The van der Waals surface area contributed by atoms with Gasteiger partial charge in [-0.1, -0.05) is 0 Å². The van der Waals surface area contributed by atoms with E-state index in [4.69, 9.17) is 5.11 Å². The van der Waals surface area contributed by atoms with E-state index < -0.39 is 0 Å². The topological polar surface area (TPSA) is 79.5 Å². The van der Waals surface area contributed by atoms with Crippen molar-refractivity contribution >= 4 is 11.6 Å². The van der Waals surface area contributed by atoms with Gasteiger partial charge in [-0.05, 0) is 39.7 Å². The van der Waals surface area contributed by atoms with Gasteiger partial charge < -0.3 is 10.4 Å². The Kier molecular flexibility index (Phi) is 4.34. The van der Waals surface area contributed by atoms with E-state index >= 15 is 0 Å². The molecule has 0 aliphatic carbocycles. The highest BCUT2D eigenvalue weighted by Gasteiger charge is 2.16. The zero-order valence-electron chi connectivity index (χ0n) is 12.1. The maximum Gasteiger partial charge on any atom is 0.256 e. The van der Waals surface area contributed by atoms with E-state index in [1.165, 1.54) is 0 Å². The van der Waals surface area contributed by atoms with Crippen LogP contribution in [0.25, 0.3) is 5.65 Å². The van der Waals surface area contributed by atoms with Crippen molar-refractivity contribution in [3.05, 3.63) is 29.2 Å². The number of hydrogen-bond donors (Lipinski definition) is 2. The Labute approximate surface area is 117 Å². The second-order valence-electron chi connectivity index (χ2n) is 5.07. The summed E-state index contributed by atoms with van der Waals surface area (Å²) in [6.07, 6.45) is 2.96. The molecule has 0 saturated carbocycles. The molecule has 1 amide bonds. The van der Waals surface area contributed by atoms with Crippen LogP contribution in [0.15, 0.2) is 12.3 Å². The fraction of sp³-hybridized carbons (Fsp3) is 0.500. The molecule has 2 rings (SSSR count). The molecule has 1 atom stereocenters. The first-order valence-electron chi connectivity index (χ1n) is 6.76. The van der Waals surface area contributed by atoms with Crippen molar-refractivity contribution in [3.8, 4) is 0 Å². The summed E-state index contributed by atoms with van der Waals surface area (Å²) >= 11 is 0. The zero-order chi connectivity index (χ0) is 14.7. The number of aliphatic hydroxyl groups excluding tert-OH is 1. The number of rotatable bonds is 5. The molecule has 0 aromatic carbocycles. The zero-order valence-corrected chi connectivity index (χ0v) is 12.1. The molecule has 0 bridgehead atoms. The average molecular weight is 276 g/mol. The number of amides is 1. The fourth-order valence-electron chi connectivity index (χ4n) is 2.20. The van der Waals surface area contributed by atoms with Crippen LogP contribution in [0.2, 0.25) is 0 Å². The van der Waals surface area contributed by atoms with Crippen molar-refractivity contribution in [2.24, 2.45) is 0 Å². The molecule has 0 radical (unpaired) electrons. The number of carbonyl (C=O) groups is 1. The molecule has 108 valence electrons. The number of nitrogens with zero attached hydrogens (tertiary/aromatic N) is 3. The minimum absolute atomic E-state index is 0.00973. The maximum absolute atomic E-state index is 12.2. The molecule has 0 aliphatic heterocycles. The van der Waals surface area contributed by atoms with Crippen LogP contribution >= 0.6 is 0 Å². The van der Waals surface area contributed by atoms with Gasteiger partial charge in [-0.2, -0.15) is 5.10 Å². The molecule has 20 heavy (non-hydrogen) atoms. The Bertz CT molecular complexity index is 621. The van der Waals surface area contributed by atoms with Gasteiger partial charge in [0.05, 0.1) is 6.20 Å². The normalized spacial score (nSPS) is 12.6. The number of fused-ring (bicyclic) bond motifs is 1. The van der Waals surface area contributed by atoms with Crippen LogP contribution in [0.4, 0.5) is 0 Å². The Morgan fingerprint density at radius 1 is 1.50 bits per heavy atom. The highest BCUT2D eigenvalue weighted by Crippen LogP contribution is 2.12. The smallest absolute Gasteiger partial charge is 0.256 e. The Balaban J connectivity index is 2.22. The number of nitrogens with one attached hydrogen (secondary N) is 1. The van der Waals surface area contributed by atoms with Crippen LogP contribution in [0, 0.1) is 13.8 Å². The first-order chi connectivity index (χ1) is 9.52. The predicted molar refractivity (Wildman–Crippen MR) is 75.7 cm³/mol. The van der Waals surface area contributed by atoms with E-state index in [2.05, 4.69) is 15.4 Å². The molecule has 2 aromatic heterocycles. The van der Waals surface area contributed by atoms with Crippen LogP contribution < -0.4 is 5.32 Å². The van der Waals surface area contributed by atoms with Gasteiger partial charge in [0.15, 0.2) is 5.65 Å². The number of hydrogen-bond acceptors (Lipinski definition) is 4. The molecule has 2 aromatic rings. The molecule has 0 saturated heterocycles. The van der Waals surface area contributed by atoms with Gasteiger partial charge in [0.2, 0.25) is 0 Å². The third kappa shape index (κ3) is 2.96. The number of aryl methyl sites for hydroxylation is 2. The lowest BCUT2D eigenvalue weighted by atomic mass is 10.2. The van der Waals surface area contributed by atoms with E-state index in [0.29, 0.717) is 17.6 Å². The van der Waals surface area contributed by atoms with Crippen molar-refractivity contribution in [1.82, 2.24) is 19.9 Å². The van der Waals surface area contributed by atoms with Crippen LogP contribution in [-0.2, 0) is 0 Å². The standard InChI is InChI=1S/C14H20N4O2/c1-9(5-4-6-19)17-14(20)12-8-15-18-11(3)7-10(2)16-13(12)18/h7-9,19H,4-6H2,1-3H3,(H,17,20). The summed E-state index contributed by atoms with van der Waals surface area (Å²) in [6.45, 7) is 5.88. The second-order valence-corrected chi connectivity index (χ2v) is 5.07. The van der Waals surface area contributed by atoms with E-state index in [1.54, 1.807) is 10.7 Å². The molecule has 1 unspecified atom stereocenters. The summed E-state index contributed by atoms with van der Waals surface area (Å²) in [5, 5.41) is 15.9. The molecule has 6 heteroatoms. The van der Waals surface area contributed by atoms with Gasteiger partial charge in [-0.15, -0.1) is 0 Å². The second kappa shape index (κ2) is 6.00. The molecule has 2 N–H and O–H groups in total. The van der Waals surface area contributed by atoms with Crippen LogP contribution in [0.5, 0.6) is 0 Å². The van der Waals surface area contributed by atoms with Gasteiger partial charge in [-0.3, -0.25) is 4.79 Å². The summed E-state index contributed by atoms with van der Waals surface area (Å²) in [6, 6.07) is 1.93. The molecule has 0 spiro atoms. The lowest BCUT2D eigenvalue weighted by Crippen LogP contribution is -2.32. The lowest BCUT2D eigenvalue weighted by Gasteiger charge is -2.12. The van der Waals surface area contributed by atoms with Gasteiger partial charge in [0.25, 0.3) is 5.91 Å². The van der Waals surface area contributed by atoms with Crippen molar-refractivity contribution in [2.75, 3.05) is 6.61 Å². The summed E-state index contributed by atoms with van der Waals surface area (Å²) in [4.78, 5) is 16.6. The average Bonchev–Trinajstić information content (AvgIpc) is 2.80. The lowest BCUT2D eigenvalue weighted by molar-refractivity contribution is 0.0938. The molecule has 2 heterocycles. The molecular weight excluding hydrogens is 256 g/mol. The van der Waals surface area contributed by atoms with Gasteiger partial charge in [0.1, 0.15) is 5.56 Å². The SMILES string of the molecule is Cc1cc(C)n2ncc(C(=O)NC(C)CCCO)c2n1. The molecule has 6 nitrogen and oxygen atoms in total. The molecular formula is C14H20N4O2. The number of carbonyl (C=O) groups excluding carboxylic acids is 1. The summed E-state index contributed by atoms with van der Waals surface area (Å²) in [5.41, 5.74) is 2.86.